The van der Waals surface area contributed by atoms with Gasteiger partial charge in [0, 0.05) is 0 Å². The Morgan fingerprint density at radius 2 is 2.06 bits per heavy atom. The van der Waals surface area contributed by atoms with Crippen molar-refractivity contribution >= 4 is 18.3 Å². The van der Waals surface area contributed by atoms with Gasteiger partial charge in [-0.2, -0.15) is 0 Å². The second kappa shape index (κ2) is 6.61. The summed E-state index contributed by atoms with van der Waals surface area (Å²) in [6.45, 7) is 0.0410. The van der Waals surface area contributed by atoms with Crippen LogP contribution in [0, 0.1) is 5.92 Å². The predicted octanol–water partition coefficient (Wildman–Crippen LogP) is 1.64. The Bertz CT molecular complexity index is 390. The second-order valence-corrected chi connectivity index (χ2v) is 4.36. The maximum Gasteiger partial charge on any atom is 0.234 e. The van der Waals surface area contributed by atoms with E-state index < -0.39 is 0 Å². The van der Waals surface area contributed by atoms with E-state index in [9.17, 15) is 4.79 Å². The lowest BCUT2D eigenvalue weighted by molar-refractivity contribution is -0.120. The number of carbonyl (C=O) groups is 1. The second-order valence-electron chi connectivity index (χ2n) is 4.36. The summed E-state index contributed by atoms with van der Waals surface area (Å²) in [5, 5.41) is 2.98. The van der Waals surface area contributed by atoms with E-state index in [0.717, 1.165) is 11.3 Å². The maximum absolute atomic E-state index is 11.4. The molecule has 1 aromatic carbocycles. The molecule has 18 heavy (non-hydrogen) atoms. The van der Waals surface area contributed by atoms with Crippen LogP contribution in [0.2, 0.25) is 0 Å². The van der Waals surface area contributed by atoms with Crippen molar-refractivity contribution in [1.82, 2.24) is 5.32 Å². The topological polar surface area (TPSA) is 64.3 Å². The fourth-order valence-corrected chi connectivity index (χ4v) is 1.95. The minimum Gasteiger partial charge on any atom is -0.497 e. The zero-order chi connectivity index (χ0) is 12.3. The smallest absolute Gasteiger partial charge is 0.234 e. The third-order valence-corrected chi connectivity index (χ3v) is 3.07. The van der Waals surface area contributed by atoms with Crippen molar-refractivity contribution in [3.05, 3.63) is 29.8 Å². The molecule has 0 spiro atoms. The number of rotatable bonds is 5. The molecule has 0 bridgehead atoms. The number of benzene rings is 1. The molecule has 2 rings (SSSR count). The Balaban J connectivity index is 0.00000162. The zero-order valence-corrected chi connectivity index (χ0v) is 11.2. The molecule has 5 heteroatoms. The number of methoxy groups -OCH3 is 1. The van der Waals surface area contributed by atoms with Gasteiger partial charge in [0.25, 0.3) is 0 Å². The lowest BCUT2D eigenvalue weighted by Crippen LogP contribution is -2.34. The number of carbonyl (C=O) groups excluding carboxylic acids is 1. The van der Waals surface area contributed by atoms with Gasteiger partial charge in [0.05, 0.1) is 19.7 Å². The summed E-state index contributed by atoms with van der Waals surface area (Å²) in [6.07, 6.45) is 2.34. The van der Waals surface area contributed by atoms with Gasteiger partial charge in [0.1, 0.15) is 5.75 Å². The van der Waals surface area contributed by atoms with Crippen LogP contribution in [-0.2, 0) is 4.79 Å². The molecule has 3 N–H and O–H groups in total. The largest absolute Gasteiger partial charge is 0.497 e. The Hall–Kier alpha value is -1.26. The first-order chi connectivity index (χ1) is 8.24. The molecule has 0 saturated heterocycles. The molecule has 1 atom stereocenters. The van der Waals surface area contributed by atoms with E-state index in [1.165, 1.54) is 12.8 Å². The summed E-state index contributed by atoms with van der Waals surface area (Å²) in [4.78, 5) is 11.4. The number of halogens is 1. The fourth-order valence-electron chi connectivity index (χ4n) is 1.95. The first-order valence-corrected chi connectivity index (χ1v) is 5.88. The van der Waals surface area contributed by atoms with Crippen molar-refractivity contribution in [2.45, 2.75) is 18.9 Å². The normalized spacial score (nSPS) is 15.4. The Kier molecular flexibility index (Phi) is 5.44. The maximum atomic E-state index is 11.4. The third kappa shape index (κ3) is 3.62. The van der Waals surface area contributed by atoms with Crippen molar-refractivity contribution in [2.24, 2.45) is 11.7 Å². The summed E-state index contributed by atoms with van der Waals surface area (Å²) in [5.41, 5.74) is 6.45. The van der Waals surface area contributed by atoms with E-state index in [-0.39, 0.29) is 30.9 Å². The van der Waals surface area contributed by atoms with Crippen molar-refractivity contribution in [1.29, 1.82) is 0 Å². The van der Waals surface area contributed by atoms with Crippen LogP contribution in [0.25, 0.3) is 0 Å². The van der Waals surface area contributed by atoms with Gasteiger partial charge >= 0.3 is 0 Å². The minimum absolute atomic E-state index is 0. The number of nitrogens with two attached hydrogens (primary N) is 1. The Labute approximate surface area is 113 Å². The van der Waals surface area contributed by atoms with Crippen LogP contribution >= 0.6 is 12.4 Å². The van der Waals surface area contributed by atoms with Gasteiger partial charge in [0.15, 0.2) is 0 Å². The van der Waals surface area contributed by atoms with Crippen molar-refractivity contribution in [3.8, 4) is 5.75 Å². The molecule has 1 aliphatic rings. The fraction of sp³-hybridized carbons (Fsp3) is 0.462. The number of ether oxygens (including phenoxy) is 1. The highest BCUT2D eigenvalue weighted by Gasteiger charge is 2.33. The molecule has 0 aromatic heterocycles. The highest BCUT2D eigenvalue weighted by Crippen LogP contribution is 2.41. The average molecular weight is 271 g/mol. The summed E-state index contributed by atoms with van der Waals surface area (Å²) < 4.78 is 5.12. The number of amides is 1. The van der Waals surface area contributed by atoms with E-state index in [1.54, 1.807) is 7.11 Å². The zero-order valence-electron chi connectivity index (χ0n) is 10.4. The number of nitrogens with one attached hydrogen (secondary N) is 1. The summed E-state index contributed by atoms with van der Waals surface area (Å²) >= 11 is 0. The monoisotopic (exact) mass is 270 g/mol. The molecule has 4 nitrogen and oxygen atoms in total. The average Bonchev–Trinajstić information content (AvgIpc) is 3.20. The van der Waals surface area contributed by atoms with Crippen LogP contribution in [0.5, 0.6) is 5.75 Å². The van der Waals surface area contributed by atoms with Gasteiger partial charge in [-0.3, -0.25) is 4.79 Å². The standard InChI is InChI=1S/C13H18N2O2.ClH/c1-17-11-6-4-10(5-7-11)13(9-2-3-9)15-12(16)8-14;/h4-7,9,13H,2-3,8,14H2,1H3,(H,15,16);1H. The quantitative estimate of drug-likeness (QED) is 0.855. The molecule has 1 fully saturated rings. The number of hydrogen-bond acceptors (Lipinski definition) is 3. The van der Waals surface area contributed by atoms with Crippen molar-refractivity contribution < 1.29 is 9.53 Å². The first-order valence-electron chi connectivity index (χ1n) is 5.88. The van der Waals surface area contributed by atoms with Gasteiger partial charge in [-0.1, -0.05) is 12.1 Å². The molecular formula is C13H19ClN2O2. The van der Waals surface area contributed by atoms with Crippen LogP contribution in [0.1, 0.15) is 24.4 Å². The van der Waals surface area contributed by atoms with Crippen molar-refractivity contribution in [3.63, 3.8) is 0 Å². The SMILES string of the molecule is COc1ccc(C(NC(=O)CN)C2CC2)cc1.Cl. The predicted molar refractivity (Wildman–Crippen MR) is 72.9 cm³/mol. The van der Waals surface area contributed by atoms with E-state index >= 15 is 0 Å². The molecule has 0 radical (unpaired) electrons. The molecule has 0 heterocycles. The first kappa shape index (κ1) is 14.8. The van der Waals surface area contributed by atoms with Crippen LogP contribution in [-0.4, -0.2) is 19.6 Å². The summed E-state index contributed by atoms with van der Waals surface area (Å²) in [5.74, 6) is 1.28. The summed E-state index contributed by atoms with van der Waals surface area (Å²) in [7, 11) is 1.64. The number of hydrogen-bond donors (Lipinski definition) is 2. The molecular weight excluding hydrogens is 252 g/mol. The van der Waals surface area contributed by atoms with Crippen LogP contribution < -0.4 is 15.8 Å². The third-order valence-electron chi connectivity index (χ3n) is 3.07. The van der Waals surface area contributed by atoms with Crippen molar-refractivity contribution in [2.75, 3.05) is 13.7 Å². The highest BCUT2D eigenvalue weighted by molar-refractivity contribution is 5.85. The van der Waals surface area contributed by atoms with E-state index in [4.69, 9.17) is 10.5 Å². The highest BCUT2D eigenvalue weighted by atomic mass is 35.5. The molecule has 1 saturated carbocycles. The van der Waals surface area contributed by atoms with Crippen LogP contribution in [0.4, 0.5) is 0 Å². The Morgan fingerprint density at radius 1 is 1.44 bits per heavy atom. The molecule has 1 amide bonds. The van der Waals surface area contributed by atoms with E-state index in [0.29, 0.717) is 5.92 Å². The minimum atomic E-state index is -0.0993. The van der Waals surface area contributed by atoms with Gasteiger partial charge in [-0.05, 0) is 36.5 Å². The van der Waals surface area contributed by atoms with Gasteiger partial charge in [-0.15, -0.1) is 12.4 Å². The lowest BCUT2D eigenvalue weighted by atomic mass is 10.0. The molecule has 0 aliphatic heterocycles. The van der Waals surface area contributed by atoms with Gasteiger partial charge < -0.3 is 15.8 Å². The molecule has 100 valence electrons. The molecule has 1 unspecified atom stereocenters. The van der Waals surface area contributed by atoms with E-state index in [2.05, 4.69) is 5.32 Å². The van der Waals surface area contributed by atoms with Gasteiger partial charge in [0.2, 0.25) is 5.91 Å². The van der Waals surface area contributed by atoms with E-state index in [1.807, 2.05) is 24.3 Å². The van der Waals surface area contributed by atoms with Crippen LogP contribution in [0.15, 0.2) is 24.3 Å². The molecule has 1 aliphatic carbocycles. The van der Waals surface area contributed by atoms with Crippen LogP contribution in [0.3, 0.4) is 0 Å². The molecule has 1 aromatic rings. The van der Waals surface area contributed by atoms with Gasteiger partial charge in [-0.25, -0.2) is 0 Å². The summed E-state index contributed by atoms with van der Waals surface area (Å²) in [6, 6.07) is 7.92. The lowest BCUT2D eigenvalue weighted by Gasteiger charge is -2.18. The Morgan fingerprint density at radius 3 is 2.50 bits per heavy atom.